The van der Waals surface area contributed by atoms with Crippen molar-refractivity contribution in [2.75, 3.05) is 23.7 Å². The monoisotopic (exact) mass is 458 g/mol. The first kappa shape index (κ1) is 20.8. The van der Waals surface area contributed by atoms with Gasteiger partial charge in [0.1, 0.15) is 11.6 Å². The van der Waals surface area contributed by atoms with Crippen LogP contribution in [0.1, 0.15) is 20.3 Å². The summed E-state index contributed by atoms with van der Waals surface area (Å²) in [7, 11) is 0. The molecule has 8 heteroatoms. The summed E-state index contributed by atoms with van der Waals surface area (Å²) in [4.78, 5) is 20.8. The van der Waals surface area contributed by atoms with Crippen molar-refractivity contribution < 1.29 is 4.39 Å². The molecule has 5 rings (SSSR count). The summed E-state index contributed by atoms with van der Waals surface area (Å²) in [5.74, 6) is 1.29. The van der Waals surface area contributed by atoms with Crippen LogP contribution in [0.5, 0.6) is 0 Å². The molecule has 0 amide bonds. The molecule has 0 aliphatic carbocycles. The van der Waals surface area contributed by atoms with Gasteiger partial charge in [-0.3, -0.25) is 4.57 Å². The molecule has 1 aromatic heterocycles. The zero-order chi connectivity index (χ0) is 21.7. The van der Waals surface area contributed by atoms with Crippen molar-refractivity contribution in [2.45, 2.75) is 43.8 Å². The molecule has 3 heterocycles. The molecule has 1 N–H and O–H groups in total. The van der Waals surface area contributed by atoms with E-state index in [1.54, 1.807) is 28.5 Å². The lowest BCUT2D eigenvalue weighted by Gasteiger charge is -2.37. The lowest BCUT2D eigenvalue weighted by molar-refractivity contribution is 0.405. The van der Waals surface area contributed by atoms with Crippen molar-refractivity contribution in [2.24, 2.45) is 0 Å². The van der Waals surface area contributed by atoms with Gasteiger partial charge in [-0.1, -0.05) is 23.7 Å². The maximum absolute atomic E-state index is 13.6. The summed E-state index contributed by atoms with van der Waals surface area (Å²) < 4.78 is 15.3. The van der Waals surface area contributed by atoms with E-state index in [-0.39, 0.29) is 11.5 Å². The normalized spacial score (nSPS) is 21.4. The van der Waals surface area contributed by atoms with Crippen LogP contribution >= 0.6 is 23.4 Å². The first-order valence-electron chi connectivity index (χ1n) is 10.6. The number of rotatable bonds is 2. The predicted molar refractivity (Wildman–Crippen MR) is 126 cm³/mol. The molecule has 3 aromatic rings. The molecule has 2 atom stereocenters. The van der Waals surface area contributed by atoms with Gasteiger partial charge in [-0.05, 0) is 49.8 Å². The van der Waals surface area contributed by atoms with Gasteiger partial charge in [0, 0.05) is 47.6 Å². The van der Waals surface area contributed by atoms with Crippen LogP contribution in [0.25, 0.3) is 22.0 Å². The van der Waals surface area contributed by atoms with E-state index in [1.165, 1.54) is 12.1 Å². The Balaban J connectivity index is 1.80. The molecular formula is C23H24ClFN4OS. The minimum atomic E-state index is -0.287. The lowest BCUT2D eigenvalue weighted by atomic mass is 10.0. The van der Waals surface area contributed by atoms with Crippen LogP contribution in [-0.4, -0.2) is 40.5 Å². The van der Waals surface area contributed by atoms with Gasteiger partial charge in [0.05, 0.1) is 10.5 Å². The van der Waals surface area contributed by atoms with Crippen LogP contribution in [0.15, 0.2) is 40.0 Å². The second-order valence-electron chi connectivity index (χ2n) is 8.41. The van der Waals surface area contributed by atoms with Crippen molar-refractivity contribution in [3.05, 3.63) is 51.7 Å². The maximum atomic E-state index is 13.6. The summed E-state index contributed by atoms with van der Waals surface area (Å²) >= 11 is 8.56. The van der Waals surface area contributed by atoms with Gasteiger partial charge < -0.3 is 10.2 Å². The molecule has 0 radical (unpaired) electrons. The first-order chi connectivity index (χ1) is 14.9. The second-order valence-corrected chi connectivity index (χ2v) is 9.92. The Morgan fingerprint density at radius 2 is 1.90 bits per heavy atom. The number of thioether (sulfide) groups is 1. The average Bonchev–Trinajstić information content (AvgIpc) is 2.95. The zero-order valence-electron chi connectivity index (χ0n) is 17.5. The number of benzene rings is 2. The molecule has 2 aliphatic rings. The predicted octanol–water partition coefficient (Wildman–Crippen LogP) is 4.54. The summed E-state index contributed by atoms with van der Waals surface area (Å²) in [5, 5.41) is 5.02. The molecule has 2 unspecified atom stereocenters. The molecule has 0 spiro atoms. The van der Waals surface area contributed by atoms with Crippen molar-refractivity contribution in [1.29, 1.82) is 0 Å². The molecule has 31 heavy (non-hydrogen) atoms. The van der Waals surface area contributed by atoms with Gasteiger partial charge in [0.25, 0.3) is 0 Å². The van der Waals surface area contributed by atoms with Crippen LogP contribution in [-0.2, 0) is 6.54 Å². The second kappa shape index (κ2) is 8.11. The summed E-state index contributed by atoms with van der Waals surface area (Å²) in [6, 6.07) is 8.89. The summed E-state index contributed by atoms with van der Waals surface area (Å²) in [6.45, 7) is 6.45. The third-order valence-corrected chi connectivity index (χ3v) is 7.39. The maximum Gasteiger partial charge on any atom is 0.350 e. The number of piperazine rings is 1. The van der Waals surface area contributed by atoms with Crippen LogP contribution in [0.2, 0.25) is 5.02 Å². The Morgan fingerprint density at radius 1 is 1.19 bits per heavy atom. The number of anilines is 1. The molecule has 5 nitrogen and oxygen atoms in total. The van der Waals surface area contributed by atoms with E-state index in [9.17, 15) is 9.18 Å². The van der Waals surface area contributed by atoms with E-state index in [0.29, 0.717) is 29.5 Å². The van der Waals surface area contributed by atoms with E-state index in [4.69, 9.17) is 11.6 Å². The number of nitrogens with one attached hydrogen (secondary N) is 1. The highest BCUT2D eigenvalue weighted by molar-refractivity contribution is 7.99. The van der Waals surface area contributed by atoms with Crippen molar-refractivity contribution >= 4 is 40.1 Å². The number of aryl methyl sites for hydroxylation is 1. The Bertz CT molecular complexity index is 1200. The van der Waals surface area contributed by atoms with Crippen molar-refractivity contribution in [3.63, 3.8) is 0 Å². The van der Waals surface area contributed by atoms with E-state index in [0.717, 1.165) is 52.2 Å². The van der Waals surface area contributed by atoms with Crippen LogP contribution in [0.4, 0.5) is 10.2 Å². The summed E-state index contributed by atoms with van der Waals surface area (Å²) in [5.41, 5.74) is 2.37. The van der Waals surface area contributed by atoms with E-state index in [1.807, 2.05) is 6.07 Å². The van der Waals surface area contributed by atoms with Crippen molar-refractivity contribution in [1.82, 2.24) is 14.9 Å². The highest BCUT2D eigenvalue weighted by atomic mass is 35.5. The fraction of sp³-hybridized carbons (Fsp3) is 0.391. The highest BCUT2D eigenvalue weighted by Gasteiger charge is 2.28. The third kappa shape index (κ3) is 3.73. The van der Waals surface area contributed by atoms with E-state index >= 15 is 0 Å². The fourth-order valence-electron chi connectivity index (χ4n) is 4.73. The van der Waals surface area contributed by atoms with Gasteiger partial charge >= 0.3 is 5.69 Å². The molecule has 162 valence electrons. The largest absolute Gasteiger partial charge is 0.353 e. The zero-order valence-corrected chi connectivity index (χ0v) is 19.1. The average molecular weight is 459 g/mol. The minimum absolute atomic E-state index is 0.225. The Kier molecular flexibility index (Phi) is 5.44. The molecule has 0 saturated carbocycles. The van der Waals surface area contributed by atoms with Gasteiger partial charge in [-0.15, -0.1) is 11.8 Å². The van der Waals surface area contributed by atoms with Crippen LogP contribution < -0.4 is 15.9 Å². The van der Waals surface area contributed by atoms with Crippen molar-refractivity contribution in [3.8, 4) is 11.1 Å². The van der Waals surface area contributed by atoms with Gasteiger partial charge in [0.15, 0.2) is 0 Å². The molecule has 1 saturated heterocycles. The number of nitrogens with zero attached hydrogens (tertiary/aromatic N) is 3. The Morgan fingerprint density at radius 3 is 2.61 bits per heavy atom. The highest BCUT2D eigenvalue weighted by Crippen LogP contribution is 2.45. The third-order valence-electron chi connectivity index (χ3n) is 5.91. The smallest absolute Gasteiger partial charge is 0.350 e. The molecule has 1 fully saturated rings. The Labute approximate surface area is 189 Å². The van der Waals surface area contributed by atoms with E-state index < -0.39 is 0 Å². The topological polar surface area (TPSA) is 50.2 Å². The van der Waals surface area contributed by atoms with Gasteiger partial charge in [-0.25, -0.2) is 9.18 Å². The minimum Gasteiger partial charge on any atom is -0.353 e. The standard InChI is InChI=1S/C23H24ClFN4OS/c1-13-11-28(12-14(2)26-13)22-17-10-18(24)19(15-4-6-16(25)7-5-15)21-20(17)29(23(30)27-22)8-3-9-31-21/h4-7,10,13-14,26H,3,8-9,11-12H2,1-2H3. The number of aromatic nitrogens is 2. The Hall–Kier alpha value is -2.09. The van der Waals surface area contributed by atoms with Crippen LogP contribution in [0.3, 0.4) is 0 Å². The first-order valence-corrected chi connectivity index (χ1v) is 12.0. The van der Waals surface area contributed by atoms with E-state index in [2.05, 4.69) is 29.0 Å². The molecule has 2 aromatic carbocycles. The quantitative estimate of drug-likeness (QED) is 0.611. The van der Waals surface area contributed by atoms with Gasteiger partial charge in [0.2, 0.25) is 0 Å². The summed E-state index contributed by atoms with van der Waals surface area (Å²) in [6.07, 6.45) is 0.873. The molecule has 0 bridgehead atoms. The SMILES string of the molecule is CC1CN(c2nc(=O)n3c4c(c(-c5ccc(F)cc5)c(Cl)cc24)SCCC3)CC(C)N1. The number of hydrogen-bond acceptors (Lipinski definition) is 5. The lowest BCUT2D eigenvalue weighted by Crippen LogP contribution is -2.55. The molecule has 2 aliphatic heterocycles. The fourth-order valence-corrected chi connectivity index (χ4v) is 6.31. The van der Waals surface area contributed by atoms with Crippen LogP contribution in [0, 0.1) is 5.82 Å². The molecular weight excluding hydrogens is 435 g/mol. The number of hydrogen-bond donors (Lipinski definition) is 1. The number of halogens is 2. The van der Waals surface area contributed by atoms with Gasteiger partial charge in [-0.2, -0.15) is 4.98 Å².